The Kier molecular flexibility index (Phi) is 4.11. The van der Waals surface area contributed by atoms with E-state index in [0.29, 0.717) is 6.42 Å². The van der Waals surface area contributed by atoms with Gasteiger partial charge in [-0.3, -0.25) is 4.79 Å². The van der Waals surface area contributed by atoms with Gasteiger partial charge in [-0.2, -0.15) is 0 Å². The van der Waals surface area contributed by atoms with Gasteiger partial charge in [-0.15, -0.1) is 0 Å². The molecule has 0 bridgehead atoms. The first kappa shape index (κ1) is 10.7. The third kappa shape index (κ3) is 3.17. The van der Waals surface area contributed by atoms with Gasteiger partial charge in [0.25, 0.3) is 0 Å². The zero-order valence-electron chi connectivity index (χ0n) is 8.79. The smallest absolute Gasteiger partial charge is 0.159 e. The van der Waals surface area contributed by atoms with Crippen LogP contribution in [0.2, 0.25) is 0 Å². The van der Waals surface area contributed by atoms with E-state index in [9.17, 15) is 4.79 Å². The van der Waals surface area contributed by atoms with Crippen LogP contribution in [0, 0.1) is 6.92 Å². The molecule has 1 aromatic rings. The van der Waals surface area contributed by atoms with Crippen LogP contribution in [0.1, 0.15) is 24.5 Å². The second kappa shape index (κ2) is 5.38. The number of allylic oxidation sites excluding steroid dienone is 2. The highest BCUT2D eigenvalue weighted by molar-refractivity contribution is 5.91. The molecule has 0 heterocycles. The molecule has 0 saturated carbocycles. The Labute approximate surface area is 85.5 Å². The summed E-state index contributed by atoms with van der Waals surface area (Å²) in [5, 5.41) is 0. The van der Waals surface area contributed by atoms with Crippen LogP contribution >= 0.6 is 0 Å². The molecule has 0 radical (unpaired) electrons. The molecule has 0 amide bonds. The SMILES string of the molecule is CC/C=C/C(=O)Cc1ccccc1C. The number of carbonyl (C=O) groups excluding carboxylic acids is 1. The summed E-state index contributed by atoms with van der Waals surface area (Å²) in [6, 6.07) is 8.00. The van der Waals surface area contributed by atoms with Crippen molar-refractivity contribution >= 4 is 5.78 Å². The van der Waals surface area contributed by atoms with Gasteiger partial charge in [0.1, 0.15) is 0 Å². The van der Waals surface area contributed by atoms with Crippen LogP contribution in [-0.4, -0.2) is 5.78 Å². The Morgan fingerprint density at radius 2 is 2.07 bits per heavy atom. The lowest BCUT2D eigenvalue weighted by molar-refractivity contribution is -0.114. The van der Waals surface area contributed by atoms with Crippen molar-refractivity contribution in [2.45, 2.75) is 26.7 Å². The number of benzene rings is 1. The molecule has 0 atom stereocenters. The van der Waals surface area contributed by atoms with Crippen LogP contribution in [0.5, 0.6) is 0 Å². The summed E-state index contributed by atoms with van der Waals surface area (Å²) in [4.78, 5) is 11.4. The molecule has 1 aromatic carbocycles. The second-order valence-electron chi connectivity index (χ2n) is 3.38. The van der Waals surface area contributed by atoms with Crippen LogP contribution in [0.25, 0.3) is 0 Å². The predicted octanol–water partition coefficient (Wildman–Crippen LogP) is 3.07. The maximum absolute atomic E-state index is 11.4. The maximum Gasteiger partial charge on any atom is 0.159 e. The summed E-state index contributed by atoms with van der Waals surface area (Å²) in [6.45, 7) is 4.06. The Balaban J connectivity index is 2.65. The Hall–Kier alpha value is -1.37. The van der Waals surface area contributed by atoms with Crippen molar-refractivity contribution in [1.82, 2.24) is 0 Å². The van der Waals surface area contributed by atoms with Crippen molar-refractivity contribution in [3.05, 3.63) is 47.5 Å². The van der Waals surface area contributed by atoms with Crippen molar-refractivity contribution in [2.24, 2.45) is 0 Å². The van der Waals surface area contributed by atoms with Crippen LogP contribution in [-0.2, 0) is 11.2 Å². The van der Waals surface area contributed by atoms with Gasteiger partial charge in [-0.05, 0) is 30.5 Å². The van der Waals surface area contributed by atoms with Crippen molar-refractivity contribution in [2.75, 3.05) is 0 Å². The van der Waals surface area contributed by atoms with Crippen LogP contribution < -0.4 is 0 Å². The third-order valence-electron chi connectivity index (χ3n) is 2.17. The molecule has 0 aromatic heterocycles. The van der Waals surface area contributed by atoms with Gasteiger partial charge in [0, 0.05) is 6.42 Å². The topological polar surface area (TPSA) is 17.1 Å². The highest BCUT2D eigenvalue weighted by Gasteiger charge is 2.01. The summed E-state index contributed by atoms with van der Waals surface area (Å²) < 4.78 is 0. The zero-order valence-corrected chi connectivity index (χ0v) is 8.79. The summed E-state index contributed by atoms with van der Waals surface area (Å²) in [5.41, 5.74) is 2.31. The molecule has 14 heavy (non-hydrogen) atoms. The van der Waals surface area contributed by atoms with E-state index in [0.717, 1.165) is 12.0 Å². The van der Waals surface area contributed by atoms with Crippen molar-refractivity contribution in [3.63, 3.8) is 0 Å². The molecule has 0 aliphatic rings. The fourth-order valence-electron chi connectivity index (χ4n) is 1.30. The van der Waals surface area contributed by atoms with Crippen LogP contribution in [0.4, 0.5) is 0 Å². The highest BCUT2D eigenvalue weighted by Crippen LogP contribution is 2.08. The highest BCUT2D eigenvalue weighted by atomic mass is 16.1. The van der Waals surface area contributed by atoms with E-state index in [1.165, 1.54) is 5.56 Å². The normalized spacial score (nSPS) is 10.7. The van der Waals surface area contributed by atoms with Crippen molar-refractivity contribution in [3.8, 4) is 0 Å². The number of carbonyl (C=O) groups is 1. The van der Waals surface area contributed by atoms with Crippen LogP contribution in [0.15, 0.2) is 36.4 Å². The fraction of sp³-hybridized carbons (Fsp3) is 0.308. The molecule has 0 aliphatic carbocycles. The van der Waals surface area contributed by atoms with E-state index >= 15 is 0 Å². The number of hydrogen-bond acceptors (Lipinski definition) is 1. The molecular formula is C13H16O. The minimum Gasteiger partial charge on any atom is -0.294 e. The molecule has 0 N–H and O–H groups in total. The largest absolute Gasteiger partial charge is 0.294 e. The molecule has 0 spiro atoms. The van der Waals surface area contributed by atoms with E-state index in [-0.39, 0.29) is 5.78 Å². The average Bonchev–Trinajstić information content (AvgIpc) is 2.18. The van der Waals surface area contributed by atoms with Gasteiger partial charge in [0.2, 0.25) is 0 Å². The summed E-state index contributed by atoms with van der Waals surface area (Å²) >= 11 is 0. The molecule has 0 saturated heterocycles. The quantitative estimate of drug-likeness (QED) is 0.664. The van der Waals surface area contributed by atoms with Gasteiger partial charge < -0.3 is 0 Å². The molecule has 1 heteroatoms. The fourth-order valence-corrected chi connectivity index (χ4v) is 1.30. The lowest BCUT2D eigenvalue weighted by Crippen LogP contribution is -2.00. The maximum atomic E-state index is 11.4. The van der Waals surface area contributed by atoms with E-state index in [1.807, 2.05) is 44.2 Å². The Bertz CT molecular complexity index is 337. The third-order valence-corrected chi connectivity index (χ3v) is 2.17. The first-order chi connectivity index (χ1) is 6.74. The van der Waals surface area contributed by atoms with Gasteiger partial charge in [-0.1, -0.05) is 37.3 Å². The molecule has 0 unspecified atom stereocenters. The number of rotatable bonds is 4. The van der Waals surface area contributed by atoms with E-state index in [4.69, 9.17) is 0 Å². The minimum atomic E-state index is 0.182. The van der Waals surface area contributed by atoms with Gasteiger partial charge in [-0.25, -0.2) is 0 Å². The summed E-state index contributed by atoms with van der Waals surface area (Å²) in [5.74, 6) is 0.182. The monoisotopic (exact) mass is 188 g/mol. The van der Waals surface area contributed by atoms with Crippen molar-refractivity contribution < 1.29 is 4.79 Å². The van der Waals surface area contributed by atoms with E-state index in [2.05, 4.69) is 0 Å². The molecular weight excluding hydrogens is 172 g/mol. The summed E-state index contributed by atoms with van der Waals surface area (Å²) in [7, 11) is 0. The molecule has 1 nitrogen and oxygen atoms in total. The zero-order chi connectivity index (χ0) is 10.4. The Morgan fingerprint density at radius 3 is 2.71 bits per heavy atom. The molecule has 0 fully saturated rings. The second-order valence-corrected chi connectivity index (χ2v) is 3.38. The first-order valence-electron chi connectivity index (χ1n) is 4.98. The minimum absolute atomic E-state index is 0.182. The average molecular weight is 188 g/mol. The van der Waals surface area contributed by atoms with E-state index < -0.39 is 0 Å². The molecule has 1 rings (SSSR count). The first-order valence-corrected chi connectivity index (χ1v) is 4.98. The van der Waals surface area contributed by atoms with Crippen molar-refractivity contribution in [1.29, 1.82) is 0 Å². The van der Waals surface area contributed by atoms with Crippen LogP contribution in [0.3, 0.4) is 0 Å². The lowest BCUT2D eigenvalue weighted by Gasteiger charge is -2.01. The molecule has 74 valence electrons. The number of hydrogen-bond donors (Lipinski definition) is 0. The standard InChI is InChI=1S/C13H16O/c1-3-4-9-13(14)10-12-8-6-5-7-11(12)2/h4-9H,3,10H2,1-2H3/b9-4+. The number of ketones is 1. The Morgan fingerprint density at radius 1 is 1.36 bits per heavy atom. The number of aryl methyl sites for hydroxylation is 1. The van der Waals surface area contributed by atoms with Gasteiger partial charge in [0.05, 0.1) is 0 Å². The predicted molar refractivity (Wildman–Crippen MR) is 59.3 cm³/mol. The van der Waals surface area contributed by atoms with Gasteiger partial charge >= 0.3 is 0 Å². The molecule has 0 aliphatic heterocycles. The summed E-state index contributed by atoms with van der Waals surface area (Å²) in [6.07, 6.45) is 5.01. The van der Waals surface area contributed by atoms with Gasteiger partial charge in [0.15, 0.2) is 5.78 Å². The van der Waals surface area contributed by atoms with E-state index in [1.54, 1.807) is 6.08 Å². The lowest BCUT2D eigenvalue weighted by atomic mass is 10.0.